The molecule has 6 heteroatoms. The van der Waals surface area contributed by atoms with E-state index in [4.69, 9.17) is 9.47 Å². The Balaban J connectivity index is 1.79. The standard InChI is InChI=1S/C24H29NO5/c1-29-20-9-4-3-7-17(20)23(27)25-14-13-24(28)12-6-5-8-18(24)22(25)16-10-11-19(26)21(15-16)30-2/h3-4,7,9-11,15,18,22,26,28H,5-6,8,12-14H2,1-2H3/t18-,22-,24-/m0/s1. The predicted octanol–water partition coefficient (Wildman–Crippen LogP) is 3.92. The summed E-state index contributed by atoms with van der Waals surface area (Å²) >= 11 is 0. The van der Waals surface area contributed by atoms with E-state index in [0.29, 0.717) is 30.0 Å². The minimum Gasteiger partial charge on any atom is -0.504 e. The van der Waals surface area contributed by atoms with Gasteiger partial charge in [0.2, 0.25) is 0 Å². The maximum atomic E-state index is 13.6. The first kappa shape index (κ1) is 20.5. The Hall–Kier alpha value is -2.73. The topological polar surface area (TPSA) is 79.2 Å². The molecule has 1 aliphatic carbocycles. The van der Waals surface area contributed by atoms with E-state index in [9.17, 15) is 15.0 Å². The lowest BCUT2D eigenvalue weighted by Crippen LogP contribution is -2.56. The molecule has 0 aromatic heterocycles. The summed E-state index contributed by atoms with van der Waals surface area (Å²) in [6, 6.07) is 12.1. The van der Waals surface area contributed by atoms with Crippen LogP contribution in [0.3, 0.4) is 0 Å². The van der Waals surface area contributed by atoms with E-state index < -0.39 is 5.60 Å². The van der Waals surface area contributed by atoms with Gasteiger partial charge in [-0.3, -0.25) is 4.79 Å². The monoisotopic (exact) mass is 411 g/mol. The second-order valence-electron chi connectivity index (χ2n) is 8.28. The van der Waals surface area contributed by atoms with Gasteiger partial charge in [-0.2, -0.15) is 0 Å². The minimum atomic E-state index is -0.786. The Morgan fingerprint density at radius 1 is 1.07 bits per heavy atom. The molecule has 2 aliphatic rings. The third-order valence-electron chi connectivity index (χ3n) is 6.71. The van der Waals surface area contributed by atoms with Gasteiger partial charge in [0, 0.05) is 12.5 Å². The summed E-state index contributed by atoms with van der Waals surface area (Å²) in [6.45, 7) is 0.456. The molecular weight excluding hydrogens is 382 g/mol. The Bertz CT molecular complexity index is 930. The Morgan fingerprint density at radius 3 is 2.60 bits per heavy atom. The van der Waals surface area contributed by atoms with Crippen molar-refractivity contribution < 1.29 is 24.5 Å². The van der Waals surface area contributed by atoms with Crippen LogP contribution >= 0.6 is 0 Å². The van der Waals surface area contributed by atoms with Gasteiger partial charge in [-0.1, -0.05) is 31.0 Å². The molecule has 0 spiro atoms. The number of carbonyl (C=O) groups is 1. The van der Waals surface area contributed by atoms with Gasteiger partial charge in [0.15, 0.2) is 11.5 Å². The largest absolute Gasteiger partial charge is 0.504 e. The Kier molecular flexibility index (Phi) is 5.60. The molecule has 2 fully saturated rings. The van der Waals surface area contributed by atoms with Crippen LogP contribution in [-0.4, -0.2) is 47.4 Å². The number of aromatic hydroxyl groups is 1. The molecule has 0 unspecified atom stereocenters. The van der Waals surface area contributed by atoms with E-state index in [1.54, 1.807) is 31.4 Å². The van der Waals surface area contributed by atoms with Crippen LogP contribution in [0.25, 0.3) is 0 Å². The highest BCUT2D eigenvalue weighted by molar-refractivity contribution is 5.97. The number of aliphatic hydroxyl groups is 1. The summed E-state index contributed by atoms with van der Waals surface area (Å²) in [7, 11) is 3.07. The van der Waals surface area contributed by atoms with E-state index in [1.165, 1.54) is 7.11 Å². The molecule has 1 saturated heterocycles. The number of hydrogen-bond donors (Lipinski definition) is 2. The van der Waals surface area contributed by atoms with Crippen LogP contribution in [0.2, 0.25) is 0 Å². The molecule has 1 amide bonds. The van der Waals surface area contributed by atoms with E-state index in [-0.39, 0.29) is 23.6 Å². The van der Waals surface area contributed by atoms with Crippen LogP contribution in [0.4, 0.5) is 0 Å². The van der Waals surface area contributed by atoms with Gasteiger partial charge in [0.25, 0.3) is 5.91 Å². The fourth-order valence-corrected chi connectivity index (χ4v) is 5.18. The normalized spacial score (nSPS) is 26.0. The van der Waals surface area contributed by atoms with Crippen molar-refractivity contribution >= 4 is 5.91 Å². The van der Waals surface area contributed by atoms with Crippen LogP contribution in [0, 0.1) is 5.92 Å². The number of fused-ring (bicyclic) bond motifs is 1. The molecule has 6 nitrogen and oxygen atoms in total. The first-order chi connectivity index (χ1) is 14.5. The third kappa shape index (κ3) is 3.49. The molecule has 4 rings (SSSR count). The number of methoxy groups -OCH3 is 2. The number of benzene rings is 2. The zero-order valence-electron chi connectivity index (χ0n) is 17.5. The van der Waals surface area contributed by atoms with Crippen LogP contribution in [0.1, 0.15) is 54.1 Å². The predicted molar refractivity (Wildman–Crippen MR) is 113 cm³/mol. The van der Waals surface area contributed by atoms with Crippen molar-refractivity contribution in [2.75, 3.05) is 20.8 Å². The summed E-state index contributed by atoms with van der Waals surface area (Å²) in [4.78, 5) is 15.5. The van der Waals surface area contributed by atoms with Crippen molar-refractivity contribution in [3.63, 3.8) is 0 Å². The molecule has 30 heavy (non-hydrogen) atoms. The van der Waals surface area contributed by atoms with Crippen molar-refractivity contribution in [3.05, 3.63) is 53.6 Å². The number of likely N-dealkylation sites (tertiary alicyclic amines) is 1. The molecular formula is C24H29NO5. The number of para-hydroxylation sites is 1. The molecule has 1 heterocycles. The zero-order valence-corrected chi connectivity index (χ0v) is 17.5. The number of phenols is 1. The molecule has 0 bridgehead atoms. The van der Waals surface area contributed by atoms with Crippen molar-refractivity contribution in [1.29, 1.82) is 0 Å². The second-order valence-corrected chi connectivity index (χ2v) is 8.28. The SMILES string of the molecule is COc1cc([C@H]2[C@@H]3CCCC[C@]3(O)CCN2C(=O)c2ccccc2OC)ccc1O. The maximum absolute atomic E-state index is 13.6. The third-order valence-corrected chi connectivity index (χ3v) is 6.71. The van der Waals surface area contributed by atoms with E-state index in [0.717, 1.165) is 31.2 Å². The highest BCUT2D eigenvalue weighted by atomic mass is 16.5. The van der Waals surface area contributed by atoms with Gasteiger partial charge in [0.1, 0.15) is 5.75 Å². The number of amides is 1. The van der Waals surface area contributed by atoms with Crippen molar-refractivity contribution in [3.8, 4) is 17.2 Å². The molecule has 0 radical (unpaired) electrons. The van der Waals surface area contributed by atoms with Crippen LogP contribution < -0.4 is 9.47 Å². The average Bonchev–Trinajstić information content (AvgIpc) is 2.78. The lowest BCUT2D eigenvalue weighted by molar-refractivity contribution is -0.115. The lowest BCUT2D eigenvalue weighted by atomic mass is 9.66. The summed E-state index contributed by atoms with van der Waals surface area (Å²) < 4.78 is 10.7. The van der Waals surface area contributed by atoms with Gasteiger partial charge in [-0.25, -0.2) is 0 Å². The summed E-state index contributed by atoms with van der Waals surface area (Å²) in [6.07, 6.45) is 4.18. The van der Waals surface area contributed by atoms with Gasteiger partial charge < -0.3 is 24.6 Å². The number of hydrogen-bond acceptors (Lipinski definition) is 5. The summed E-state index contributed by atoms with van der Waals surface area (Å²) in [5.74, 6) is 0.764. The average molecular weight is 411 g/mol. The van der Waals surface area contributed by atoms with E-state index in [1.807, 2.05) is 23.1 Å². The quantitative estimate of drug-likeness (QED) is 0.797. The highest BCUT2D eigenvalue weighted by Gasteiger charge is 2.50. The molecule has 2 aromatic rings. The minimum absolute atomic E-state index is 0.0542. The summed E-state index contributed by atoms with van der Waals surface area (Å²) in [5, 5.41) is 21.5. The Morgan fingerprint density at radius 2 is 1.83 bits per heavy atom. The van der Waals surface area contributed by atoms with Gasteiger partial charge >= 0.3 is 0 Å². The molecule has 160 valence electrons. The molecule has 1 aliphatic heterocycles. The fraction of sp³-hybridized carbons (Fsp3) is 0.458. The van der Waals surface area contributed by atoms with Crippen molar-refractivity contribution in [2.45, 2.75) is 43.7 Å². The molecule has 1 saturated carbocycles. The highest BCUT2D eigenvalue weighted by Crippen LogP contribution is 2.50. The smallest absolute Gasteiger partial charge is 0.258 e. The van der Waals surface area contributed by atoms with E-state index >= 15 is 0 Å². The Labute approximate surface area is 177 Å². The molecule has 2 aromatic carbocycles. The number of nitrogens with zero attached hydrogens (tertiary/aromatic N) is 1. The first-order valence-corrected chi connectivity index (χ1v) is 10.5. The van der Waals surface area contributed by atoms with Crippen molar-refractivity contribution in [1.82, 2.24) is 4.90 Å². The molecule has 2 N–H and O–H groups in total. The fourth-order valence-electron chi connectivity index (χ4n) is 5.18. The summed E-state index contributed by atoms with van der Waals surface area (Å²) in [5.41, 5.74) is 0.584. The molecule has 3 atom stereocenters. The number of rotatable bonds is 4. The first-order valence-electron chi connectivity index (χ1n) is 10.5. The van der Waals surface area contributed by atoms with E-state index in [2.05, 4.69) is 0 Å². The second kappa shape index (κ2) is 8.19. The number of carbonyl (C=O) groups excluding carboxylic acids is 1. The van der Waals surface area contributed by atoms with Gasteiger partial charge in [-0.05, 0) is 49.1 Å². The van der Waals surface area contributed by atoms with Crippen molar-refractivity contribution in [2.24, 2.45) is 5.92 Å². The van der Waals surface area contributed by atoms with Crippen LogP contribution in [0.5, 0.6) is 17.2 Å². The van der Waals surface area contributed by atoms with Crippen LogP contribution in [-0.2, 0) is 0 Å². The number of phenolic OH excluding ortho intramolecular Hbond substituents is 1. The van der Waals surface area contributed by atoms with Gasteiger partial charge in [-0.15, -0.1) is 0 Å². The number of ether oxygens (including phenoxy) is 2. The number of piperidine rings is 1. The maximum Gasteiger partial charge on any atom is 0.258 e. The lowest BCUT2D eigenvalue weighted by Gasteiger charge is -2.52. The zero-order chi connectivity index (χ0) is 21.3. The van der Waals surface area contributed by atoms with Crippen LogP contribution in [0.15, 0.2) is 42.5 Å². The van der Waals surface area contributed by atoms with Gasteiger partial charge in [0.05, 0.1) is 31.4 Å².